The van der Waals surface area contributed by atoms with E-state index in [4.69, 9.17) is 9.47 Å². The fraction of sp³-hybridized carbons (Fsp3) is 0.500. The standard InChI is InChI=1S/C12H14BrIO2/c13-10-5-4-9(11(14)7-10)8-16-12-3-1-2-6-15-12/h4-5,7,12H,1-3,6,8H2. The van der Waals surface area contributed by atoms with Gasteiger partial charge in [0.05, 0.1) is 6.61 Å². The molecule has 1 unspecified atom stereocenters. The first-order valence-electron chi connectivity index (χ1n) is 5.43. The van der Waals surface area contributed by atoms with Crippen molar-refractivity contribution in [3.8, 4) is 0 Å². The molecule has 1 aromatic rings. The highest BCUT2D eigenvalue weighted by atomic mass is 127. The van der Waals surface area contributed by atoms with E-state index < -0.39 is 0 Å². The molecule has 0 spiro atoms. The molecule has 2 nitrogen and oxygen atoms in total. The highest BCUT2D eigenvalue weighted by Crippen LogP contribution is 2.21. The van der Waals surface area contributed by atoms with Crippen LogP contribution in [0.15, 0.2) is 22.7 Å². The van der Waals surface area contributed by atoms with Crippen molar-refractivity contribution in [3.05, 3.63) is 31.8 Å². The molecule has 1 atom stereocenters. The van der Waals surface area contributed by atoms with E-state index in [0.717, 1.165) is 23.9 Å². The molecular formula is C12H14BrIO2. The summed E-state index contributed by atoms with van der Waals surface area (Å²) in [5, 5.41) is 0. The van der Waals surface area contributed by atoms with E-state index >= 15 is 0 Å². The zero-order valence-electron chi connectivity index (χ0n) is 8.92. The van der Waals surface area contributed by atoms with Crippen LogP contribution in [0.25, 0.3) is 0 Å². The molecule has 1 heterocycles. The van der Waals surface area contributed by atoms with Gasteiger partial charge in [0.15, 0.2) is 6.29 Å². The van der Waals surface area contributed by atoms with E-state index in [-0.39, 0.29) is 6.29 Å². The van der Waals surface area contributed by atoms with Gasteiger partial charge in [-0.1, -0.05) is 22.0 Å². The molecular weight excluding hydrogens is 383 g/mol. The van der Waals surface area contributed by atoms with Gasteiger partial charge in [-0.25, -0.2) is 0 Å². The van der Waals surface area contributed by atoms with Crippen molar-refractivity contribution in [2.24, 2.45) is 0 Å². The lowest BCUT2D eigenvalue weighted by Crippen LogP contribution is -2.22. The molecule has 1 aromatic carbocycles. The Bertz CT molecular complexity index is 351. The van der Waals surface area contributed by atoms with Gasteiger partial charge < -0.3 is 9.47 Å². The minimum atomic E-state index is -0.00630. The second kappa shape index (κ2) is 6.33. The molecule has 0 bridgehead atoms. The Morgan fingerprint density at radius 3 is 3.00 bits per heavy atom. The van der Waals surface area contributed by atoms with Gasteiger partial charge in [0.1, 0.15) is 0 Å². The number of hydrogen-bond donors (Lipinski definition) is 0. The second-order valence-electron chi connectivity index (χ2n) is 3.84. The van der Waals surface area contributed by atoms with Crippen molar-refractivity contribution in [1.29, 1.82) is 0 Å². The van der Waals surface area contributed by atoms with Gasteiger partial charge in [-0.05, 0) is 59.5 Å². The van der Waals surface area contributed by atoms with Crippen molar-refractivity contribution in [2.45, 2.75) is 32.2 Å². The molecule has 2 rings (SSSR count). The number of ether oxygens (including phenoxy) is 2. The molecule has 0 radical (unpaired) electrons. The zero-order valence-corrected chi connectivity index (χ0v) is 12.7. The smallest absolute Gasteiger partial charge is 0.158 e. The van der Waals surface area contributed by atoms with Crippen molar-refractivity contribution in [1.82, 2.24) is 0 Å². The van der Waals surface area contributed by atoms with Gasteiger partial charge in [0, 0.05) is 14.6 Å². The fourth-order valence-electron chi connectivity index (χ4n) is 1.66. The van der Waals surface area contributed by atoms with Crippen LogP contribution < -0.4 is 0 Å². The van der Waals surface area contributed by atoms with Gasteiger partial charge in [0.25, 0.3) is 0 Å². The summed E-state index contributed by atoms with van der Waals surface area (Å²) in [4.78, 5) is 0. The van der Waals surface area contributed by atoms with Crippen molar-refractivity contribution < 1.29 is 9.47 Å². The van der Waals surface area contributed by atoms with Gasteiger partial charge in [-0.15, -0.1) is 0 Å². The summed E-state index contributed by atoms with van der Waals surface area (Å²) in [5.41, 5.74) is 1.22. The highest BCUT2D eigenvalue weighted by Gasteiger charge is 2.14. The third-order valence-corrected chi connectivity index (χ3v) is 4.08. The normalized spacial score (nSPS) is 21.0. The number of halogens is 2. The first-order valence-corrected chi connectivity index (χ1v) is 7.30. The zero-order chi connectivity index (χ0) is 11.4. The van der Waals surface area contributed by atoms with E-state index in [0.29, 0.717) is 6.61 Å². The van der Waals surface area contributed by atoms with Crippen LogP contribution in [0, 0.1) is 3.57 Å². The summed E-state index contributed by atoms with van der Waals surface area (Å²) < 4.78 is 13.6. The monoisotopic (exact) mass is 396 g/mol. The maximum Gasteiger partial charge on any atom is 0.158 e. The molecule has 0 aromatic heterocycles. The molecule has 4 heteroatoms. The third kappa shape index (κ3) is 3.68. The van der Waals surface area contributed by atoms with E-state index in [9.17, 15) is 0 Å². The van der Waals surface area contributed by atoms with Crippen LogP contribution in [0.2, 0.25) is 0 Å². The van der Waals surface area contributed by atoms with E-state index in [1.54, 1.807) is 0 Å². The number of hydrogen-bond acceptors (Lipinski definition) is 2. The van der Waals surface area contributed by atoms with Gasteiger partial charge in [0.2, 0.25) is 0 Å². The second-order valence-corrected chi connectivity index (χ2v) is 5.92. The Labute approximate surface area is 118 Å². The molecule has 0 aliphatic carbocycles. The summed E-state index contributed by atoms with van der Waals surface area (Å²) in [7, 11) is 0. The first-order chi connectivity index (χ1) is 7.75. The Morgan fingerprint density at radius 1 is 1.44 bits per heavy atom. The molecule has 1 fully saturated rings. The molecule has 0 N–H and O–H groups in total. The predicted octanol–water partition coefficient (Wildman–Crippen LogP) is 4.10. The van der Waals surface area contributed by atoms with Crippen LogP contribution in [0.3, 0.4) is 0 Å². The molecule has 0 saturated carbocycles. The molecule has 16 heavy (non-hydrogen) atoms. The lowest BCUT2D eigenvalue weighted by atomic mass is 10.2. The summed E-state index contributed by atoms with van der Waals surface area (Å²) in [5.74, 6) is 0. The molecule has 1 aliphatic heterocycles. The van der Waals surface area contributed by atoms with Crippen LogP contribution in [-0.4, -0.2) is 12.9 Å². The summed E-state index contributed by atoms with van der Waals surface area (Å²) in [6.45, 7) is 1.47. The summed E-state index contributed by atoms with van der Waals surface area (Å²) >= 11 is 5.78. The fourth-order valence-corrected chi connectivity index (χ4v) is 3.12. The van der Waals surface area contributed by atoms with Crippen LogP contribution >= 0.6 is 38.5 Å². The molecule has 88 valence electrons. The van der Waals surface area contributed by atoms with Gasteiger partial charge in [-0.2, -0.15) is 0 Å². The maximum atomic E-state index is 5.75. The van der Waals surface area contributed by atoms with Crippen LogP contribution in [0.5, 0.6) is 0 Å². The lowest BCUT2D eigenvalue weighted by molar-refractivity contribution is -0.169. The quantitative estimate of drug-likeness (QED) is 0.716. The van der Waals surface area contributed by atoms with Gasteiger partial charge >= 0.3 is 0 Å². The topological polar surface area (TPSA) is 18.5 Å². The summed E-state index contributed by atoms with van der Waals surface area (Å²) in [6, 6.07) is 6.23. The third-order valence-electron chi connectivity index (χ3n) is 2.58. The molecule has 1 aliphatic rings. The molecule has 0 amide bonds. The van der Waals surface area contributed by atoms with E-state index in [1.165, 1.54) is 15.6 Å². The van der Waals surface area contributed by atoms with E-state index in [1.807, 2.05) is 6.07 Å². The SMILES string of the molecule is Brc1ccc(COC2CCCCO2)c(I)c1. The summed E-state index contributed by atoms with van der Waals surface area (Å²) in [6.07, 6.45) is 3.39. The average molecular weight is 397 g/mol. The Hall–Kier alpha value is 0.350. The Kier molecular flexibility index (Phi) is 5.06. The Balaban J connectivity index is 1.88. The van der Waals surface area contributed by atoms with Crippen LogP contribution in [0.4, 0.5) is 0 Å². The minimum absolute atomic E-state index is 0.00630. The minimum Gasteiger partial charge on any atom is -0.353 e. The lowest BCUT2D eigenvalue weighted by Gasteiger charge is -2.22. The maximum absolute atomic E-state index is 5.75. The van der Waals surface area contributed by atoms with E-state index in [2.05, 4.69) is 50.7 Å². The largest absolute Gasteiger partial charge is 0.353 e. The molecule has 1 saturated heterocycles. The van der Waals surface area contributed by atoms with Crippen molar-refractivity contribution in [2.75, 3.05) is 6.61 Å². The Morgan fingerprint density at radius 2 is 2.31 bits per heavy atom. The average Bonchev–Trinajstić information content (AvgIpc) is 2.29. The highest BCUT2D eigenvalue weighted by molar-refractivity contribution is 14.1. The van der Waals surface area contributed by atoms with Crippen LogP contribution in [0.1, 0.15) is 24.8 Å². The van der Waals surface area contributed by atoms with Crippen molar-refractivity contribution in [3.63, 3.8) is 0 Å². The van der Waals surface area contributed by atoms with Crippen LogP contribution in [-0.2, 0) is 16.1 Å². The number of rotatable bonds is 3. The van der Waals surface area contributed by atoms with Crippen molar-refractivity contribution >= 4 is 38.5 Å². The number of benzene rings is 1. The predicted molar refractivity (Wildman–Crippen MR) is 75.2 cm³/mol. The van der Waals surface area contributed by atoms with Gasteiger partial charge in [-0.3, -0.25) is 0 Å². The first kappa shape index (κ1) is 12.8.